The average Bonchev–Trinajstić information content (AvgIpc) is 3.54. The van der Waals surface area contributed by atoms with Crippen molar-refractivity contribution < 1.29 is 19.1 Å². The zero-order chi connectivity index (χ0) is 31.9. The van der Waals surface area contributed by atoms with E-state index < -0.39 is 11.4 Å². The predicted octanol–water partition coefficient (Wildman–Crippen LogP) is 7.26. The molecule has 2 aromatic heterocycles. The fraction of sp³-hybridized carbons (Fsp3) is 0.500. The maximum Gasteiger partial charge on any atom is 0.337 e. The summed E-state index contributed by atoms with van der Waals surface area (Å²) < 4.78 is 12.0. The van der Waals surface area contributed by atoms with Crippen molar-refractivity contribution in [3.8, 4) is 5.69 Å². The Morgan fingerprint density at radius 2 is 1.86 bits per heavy atom. The number of hydrogen-bond donors (Lipinski definition) is 4. The van der Waals surface area contributed by atoms with Crippen molar-refractivity contribution in [2.75, 3.05) is 24.3 Å². The monoisotopic (exact) mass is 671 g/mol. The molecule has 0 aliphatic heterocycles. The molecule has 238 valence electrons. The Bertz CT molecular complexity index is 1320. The van der Waals surface area contributed by atoms with Crippen LogP contribution in [0.2, 0.25) is 0 Å². The van der Waals surface area contributed by atoms with Crippen LogP contribution in [-0.4, -0.2) is 51.0 Å². The van der Waals surface area contributed by atoms with Gasteiger partial charge >= 0.3 is 5.97 Å². The van der Waals surface area contributed by atoms with Gasteiger partial charge in [0.05, 0.1) is 24.1 Å². The topological polar surface area (TPSA) is 195 Å². The Labute approximate surface area is 273 Å². The lowest BCUT2D eigenvalue weighted by Crippen LogP contribution is -2.13. The van der Waals surface area contributed by atoms with Crippen LogP contribution in [-0.2, 0) is 26.3 Å². The van der Waals surface area contributed by atoms with E-state index in [2.05, 4.69) is 53.8 Å². The summed E-state index contributed by atoms with van der Waals surface area (Å²) in [6.45, 7) is 12.7. The van der Waals surface area contributed by atoms with Gasteiger partial charge in [-0.05, 0) is 41.9 Å². The van der Waals surface area contributed by atoms with Crippen LogP contribution in [0.5, 0.6) is 0 Å². The first-order valence-electron chi connectivity index (χ1n) is 12.8. The standard InChI is InChI=1S/C22H27N7O4S3.C4H10.H2N2.H2S/c1-22(2,3)17-16(24-25-20-26-27-21(36-20)35-7-5-6-34)18(23)29(28-17)15-9-13(11-33-12-30)8-14(10-15)19(31)32-4;1-4(2)3;1-2;/h8-10,12,34H,5-7,11,23H2,1-4H3;4H,1-3H3;1-2H;1H2. The number of azo groups is 1. The number of esters is 1. The average molecular weight is 672 g/mol. The van der Waals surface area contributed by atoms with Gasteiger partial charge in [-0.15, -0.1) is 20.4 Å². The summed E-state index contributed by atoms with van der Waals surface area (Å²) in [4.78, 5) is 22.9. The fourth-order valence-electron chi connectivity index (χ4n) is 3.09. The Balaban J connectivity index is 0.00000232. The van der Waals surface area contributed by atoms with Gasteiger partial charge in [-0.2, -0.15) is 31.2 Å². The van der Waals surface area contributed by atoms with E-state index in [9.17, 15) is 9.59 Å². The maximum absolute atomic E-state index is 12.2. The number of carbonyl (C=O) groups is 2. The molecule has 4 N–H and O–H groups in total. The summed E-state index contributed by atoms with van der Waals surface area (Å²) in [6.07, 6.45) is 0.967. The van der Waals surface area contributed by atoms with E-state index in [4.69, 9.17) is 31.4 Å². The van der Waals surface area contributed by atoms with E-state index >= 15 is 0 Å². The second kappa shape index (κ2) is 20.0. The van der Waals surface area contributed by atoms with Gasteiger partial charge in [-0.25, -0.2) is 20.5 Å². The molecule has 0 aliphatic rings. The third kappa shape index (κ3) is 13.0. The van der Waals surface area contributed by atoms with E-state index in [1.807, 2.05) is 20.8 Å². The molecule has 0 radical (unpaired) electrons. The number of benzene rings is 1. The highest BCUT2D eigenvalue weighted by Gasteiger charge is 2.27. The minimum Gasteiger partial charge on any atom is -0.465 e. The van der Waals surface area contributed by atoms with Crippen LogP contribution in [0.1, 0.15) is 69.6 Å². The number of anilines is 1. The first kappa shape index (κ1) is 40.0. The first-order chi connectivity index (χ1) is 19.9. The Morgan fingerprint density at radius 1 is 1.21 bits per heavy atom. The van der Waals surface area contributed by atoms with Crippen LogP contribution in [0.15, 0.2) is 32.8 Å². The summed E-state index contributed by atoms with van der Waals surface area (Å²) in [7, 11) is 1.28. The number of thiol groups is 1. The number of methoxy groups -OCH3 is 1. The quantitative estimate of drug-likeness (QED) is 0.0405. The molecular weight excluding hydrogens is 631 g/mol. The van der Waals surface area contributed by atoms with Gasteiger partial charge in [-0.3, -0.25) is 4.79 Å². The lowest BCUT2D eigenvalue weighted by Gasteiger charge is -2.15. The summed E-state index contributed by atoms with van der Waals surface area (Å²) in [6, 6.07) is 4.88. The molecule has 0 aliphatic carbocycles. The van der Waals surface area contributed by atoms with Crippen LogP contribution >= 0.6 is 49.2 Å². The molecular formula is C26H41N9O4S4. The number of ether oxygens (including phenoxy) is 2. The molecule has 17 heteroatoms. The molecule has 0 bridgehead atoms. The van der Waals surface area contributed by atoms with Gasteiger partial charge in [0.2, 0.25) is 0 Å². The summed E-state index contributed by atoms with van der Waals surface area (Å²) in [5, 5.41) is 22.0. The zero-order valence-electron chi connectivity index (χ0n) is 25.4. The van der Waals surface area contributed by atoms with Crippen molar-refractivity contribution >= 4 is 78.3 Å². The summed E-state index contributed by atoms with van der Waals surface area (Å²) >= 11 is 7.15. The molecule has 0 atom stereocenters. The van der Waals surface area contributed by atoms with E-state index in [0.717, 1.165) is 28.2 Å². The zero-order valence-corrected chi connectivity index (χ0v) is 28.9. The SMILES string of the molecule is CC(C)C.COC(=O)c1cc(COC=O)cc(-n2nc(C(C)(C)C)c(N=Nc3nnc(SCCCS)s3)c2N)c1.N=N.S. The summed E-state index contributed by atoms with van der Waals surface area (Å²) in [5.74, 6) is 2.21. The number of nitrogens with two attached hydrogens (primary N) is 1. The van der Waals surface area contributed by atoms with Gasteiger partial charge in [0.15, 0.2) is 15.8 Å². The van der Waals surface area contributed by atoms with Crippen LogP contribution in [0.25, 0.3) is 5.69 Å². The molecule has 0 fully saturated rings. The van der Waals surface area contributed by atoms with Crippen molar-refractivity contribution in [2.45, 2.75) is 64.3 Å². The van der Waals surface area contributed by atoms with E-state index in [0.29, 0.717) is 34.2 Å². The van der Waals surface area contributed by atoms with Gasteiger partial charge in [0, 0.05) is 11.2 Å². The van der Waals surface area contributed by atoms with Crippen molar-refractivity contribution in [1.82, 2.24) is 20.0 Å². The molecule has 0 spiro atoms. The molecule has 3 aromatic rings. The fourth-order valence-corrected chi connectivity index (χ4v) is 5.13. The molecule has 0 amide bonds. The molecule has 0 saturated carbocycles. The van der Waals surface area contributed by atoms with Crippen LogP contribution < -0.4 is 5.73 Å². The molecule has 2 heterocycles. The highest BCUT2D eigenvalue weighted by atomic mass is 32.2. The van der Waals surface area contributed by atoms with E-state index in [1.54, 1.807) is 30.0 Å². The maximum atomic E-state index is 12.2. The Hall–Kier alpha value is -3.02. The van der Waals surface area contributed by atoms with Gasteiger partial charge < -0.3 is 15.2 Å². The molecule has 13 nitrogen and oxygen atoms in total. The number of nitrogens with one attached hydrogen (secondary N) is 2. The van der Waals surface area contributed by atoms with Crippen LogP contribution in [0.4, 0.5) is 16.6 Å². The lowest BCUT2D eigenvalue weighted by molar-refractivity contribution is -0.129. The minimum absolute atomic E-state index is 0. The Kier molecular flexibility index (Phi) is 18.6. The minimum atomic E-state index is -0.551. The second-order valence-electron chi connectivity index (χ2n) is 10.2. The third-order valence-corrected chi connectivity index (χ3v) is 7.07. The van der Waals surface area contributed by atoms with Crippen molar-refractivity contribution in [2.24, 2.45) is 16.1 Å². The highest BCUT2D eigenvalue weighted by molar-refractivity contribution is 8.01. The van der Waals surface area contributed by atoms with E-state index in [1.165, 1.54) is 23.1 Å². The van der Waals surface area contributed by atoms with Crippen molar-refractivity contribution in [3.05, 3.63) is 35.0 Å². The number of aromatic nitrogens is 4. The number of nitrogens with zero attached hydrogens (tertiary/aromatic N) is 6. The lowest BCUT2D eigenvalue weighted by atomic mass is 9.91. The van der Waals surface area contributed by atoms with Crippen molar-refractivity contribution in [3.63, 3.8) is 0 Å². The number of hydrogen-bond acceptors (Lipinski definition) is 15. The first-order valence-corrected chi connectivity index (χ1v) is 15.2. The number of rotatable bonds is 11. The normalized spacial score (nSPS) is 10.7. The van der Waals surface area contributed by atoms with Crippen LogP contribution in [0.3, 0.4) is 0 Å². The molecule has 0 saturated heterocycles. The molecule has 3 rings (SSSR count). The highest BCUT2D eigenvalue weighted by Crippen LogP contribution is 2.38. The predicted molar refractivity (Wildman–Crippen MR) is 178 cm³/mol. The molecule has 0 unspecified atom stereocenters. The van der Waals surface area contributed by atoms with Gasteiger partial charge in [-0.1, -0.05) is 64.6 Å². The largest absolute Gasteiger partial charge is 0.465 e. The number of thioether (sulfide) groups is 1. The van der Waals surface area contributed by atoms with Crippen molar-refractivity contribution in [1.29, 1.82) is 11.1 Å². The number of nitrogen functional groups attached to an aromatic ring is 1. The van der Waals surface area contributed by atoms with Gasteiger partial charge in [0.1, 0.15) is 6.61 Å². The van der Waals surface area contributed by atoms with Gasteiger partial charge in [0.25, 0.3) is 11.6 Å². The van der Waals surface area contributed by atoms with Crippen LogP contribution in [0, 0.1) is 17.0 Å². The smallest absolute Gasteiger partial charge is 0.337 e. The van der Waals surface area contributed by atoms with E-state index in [-0.39, 0.29) is 31.5 Å². The second-order valence-corrected chi connectivity index (χ2v) is 13.0. The molecule has 43 heavy (non-hydrogen) atoms. The summed E-state index contributed by atoms with van der Waals surface area (Å²) in [5.41, 5.74) is 18.4. The Morgan fingerprint density at radius 3 is 2.42 bits per heavy atom. The third-order valence-electron chi connectivity index (χ3n) is 4.73. The number of carbonyl (C=O) groups excluding carboxylic acids is 2. The molecule has 1 aromatic carbocycles.